The van der Waals surface area contributed by atoms with E-state index < -0.39 is 0 Å². The Hall–Kier alpha value is -1.84. The number of nitrogens with two attached hydrogens (primary N) is 1. The van der Waals surface area contributed by atoms with Crippen LogP contribution in [0.3, 0.4) is 0 Å². The Kier molecular flexibility index (Phi) is 2.18. The Morgan fingerprint density at radius 2 is 2.00 bits per heavy atom. The van der Waals surface area contributed by atoms with Crippen LogP contribution >= 0.6 is 0 Å². The highest BCUT2D eigenvalue weighted by atomic mass is 15.3. The average Bonchev–Trinajstić information content (AvgIpc) is 2.67. The molecule has 0 atom stereocenters. The fraction of sp³-hybridized carbons (Fsp3) is 0.200. The third-order valence-electron chi connectivity index (χ3n) is 2.08. The number of hydrogen-bond acceptors (Lipinski definition) is 3. The molecule has 0 radical (unpaired) electrons. The lowest BCUT2D eigenvalue weighted by molar-refractivity contribution is 0.666. The molecule has 0 spiro atoms. The van der Waals surface area contributed by atoms with E-state index in [9.17, 15) is 0 Å². The predicted molar refractivity (Wildman–Crippen MR) is 55.5 cm³/mol. The maximum Gasteiger partial charge on any atom is 0.158 e. The second kappa shape index (κ2) is 3.49. The minimum Gasteiger partial charge on any atom is -0.399 e. The molecule has 1 aromatic carbocycles. The number of nitrogens with zero attached hydrogens (tertiary/aromatic N) is 3. The summed E-state index contributed by atoms with van der Waals surface area (Å²) < 4.78 is 1.85. The highest BCUT2D eigenvalue weighted by Crippen LogP contribution is 2.17. The van der Waals surface area contributed by atoms with E-state index >= 15 is 0 Å². The summed E-state index contributed by atoms with van der Waals surface area (Å²) in [6.45, 7) is 2.86. The van der Waals surface area contributed by atoms with Crippen LogP contribution in [0.4, 0.5) is 5.69 Å². The van der Waals surface area contributed by atoms with Crippen molar-refractivity contribution < 1.29 is 0 Å². The monoisotopic (exact) mass is 188 g/mol. The molecule has 0 saturated carbocycles. The number of aromatic nitrogens is 3. The predicted octanol–water partition coefficient (Wildman–Crippen LogP) is 1.55. The smallest absolute Gasteiger partial charge is 0.158 e. The molecule has 0 unspecified atom stereocenters. The van der Waals surface area contributed by atoms with E-state index in [-0.39, 0.29) is 0 Å². The van der Waals surface area contributed by atoms with Crippen molar-refractivity contribution in [2.75, 3.05) is 5.73 Å². The number of anilines is 1. The SMILES string of the molecule is CCn1ncnc1-c1ccc(N)cc1. The van der Waals surface area contributed by atoms with E-state index in [2.05, 4.69) is 10.1 Å². The minimum atomic E-state index is 0.760. The van der Waals surface area contributed by atoms with E-state index in [0.29, 0.717) is 0 Å². The number of nitrogen functional groups attached to an aromatic ring is 1. The molecule has 0 bridgehead atoms. The van der Waals surface area contributed by atoms with Gasteiger partial charge >= 0.3 is 0 Å². The average molecular weight is 188 g/mol. The van der Waals surface area contributed by atoms with Gasteiger partial charge in [-0.25, -0.2) is 9.67 Å². The zero-order chi connectivity index (χ0) is 9.97. The summed E-state index contributed by atoms with van der Waals surface area (Å²) in [5.41, 5.74) is 7.41. The first kappa shape index (κ1) is 8.74. The second-order valence-corrected chi connectivity index (χ2v) is 3.02. The van der Waals surface area contributed by atoms with Crippen LogP contribution in [-0.4, -0.2) is 14.8 Å². The van der Waals surface area contributed by atoms with Gasteiger partial charge in [-0.2, -0.15) is 5.10 Å². The van der Waals surface area contributed by atoms with Crippen molar-refractivity contribution in [3.05, 3.63) is 30.6 Å². The standard InChI is InChI=1S/C10H12N4/c1-2-14-10(12-7-13-14)8-3-5-9(11)6-4-8/h3-7H,2,11H2,1H3. The van der Waals surface area contributed by atoms with Crippen LogP contribution in [0.1, 0.15) is 6.92 Å². The van der Waals surface area contributed by atoms with Crippen molar-refractivity contribution in [2.24, 2.45) is 0 Å². The van der Waals surface area contributed by atoms with E-state index in [0.717, 1.165) is 23.6 Å². The summed E-state index contributed by atoms with van der Waals surface area (Å²) in [4.78, 5) is 4.20. The van der Waals surface area contributed by atoms with Crippen molar-refractivity contribution in [2.45, 2.75) is 13.5 Å². The minimum absolute atomic E-state index is 0.760. The molecule has 0 aliphatic carbocycles. The Morgan fingerprint density at radius 1 is 1.29 bits per heavy atom. The summed E-state index contributed by atoms with van der Waals surface area (Å²) in [7, 11) is 0. The molecule has 1 heterocycles. The Morgan fingerprint density at radius 3 is 2.64 bits per heavy atom. The van der Waals surface area contributed by atoms with Crippen LogP contribution in [0, 0.1) is 0 Å². The summed E-state index contributed by atoms with van der Waals surface area (Å²) in [5, 5.41) is 4.11. The van der Waals surface area contributed by atoms with Crippen molar-refractivity contribution in [3.63, 3.8) is 0 Å². The molecule has 72 valence electrons. The summed E-state index contributed by atoms with van der Waals surface area (Å²) in [6.07, 6.45) is 1.56. The van der Waals surface area contributed by atoms with Crippen LogP contribution in [0.2, 0.25) is 0 Å². The van der Waals surface area contributed by atoms with Gasteiger partial charge in [-0.3, -0.25) is 0 Å². The molecule has 0 aliphatic heterocycles. The molecule has 14 heavy (non-hydrogen) atoms. The number of hydrogen-bond donors (Lipinski definition) is 1. The fourth-order valence-corrected chi connectivity index (χ4v) is 1.35. The summed E-state index contributed by atoms with van der Waals surface area (Å²) in [6, 6.07) is 7.63. The highest BCUT2D eigenvalue weighted by molar-refractivity contribution is 5.58. The molecule has 4 heteroatoms. The molecule has 0 aliphatic rings. The van der Waals surface area contributed by atoms with Crippen LogP contribution < -0.4 is 5.73 Å². The Labute approximate surface area is 82.4 Å². The van der Waals surface area contributed by atoms with Gasteiger partial charge in [0.2, 0.25) is 0 Å². The van der Waals surface area contributed by atoms with Crippen LogP contribution in [0.15, 0.2) is 30.6 Å². The molecule has 0 amide bonds. The van der Waals surface area contributed by atoms with Crippen molar-refractivity contribution in [1.82, 2.24) is 14.8 Å². The topological polar surface area (TPSA) is 56.7 Å². The van der Waals surface area contributed by atoms with Gasteiger partial charge < -0.3 is 5.73 Å². The number of rotatable bonds is 2. The van der Waals surface area contributed by atoms with Crippen molar-refractivity contribution >= 4 is 5.69 Å². The van der Waals surface area contributed by atoms with E-state index in [1.165, 1.54) is 0 Å². The largest absolute Gasteiger partial charge is 0.399 e. The highest BCUT2D eigenvalue weighted by Gasteiger charge is 2.04. The van der Waals surface area contributed by atoms with Gasteiger partial charge in [-0.15, -0.1) is 0 Å². The molecule has 2 rings (SSSR count). The molecule has 1 aromatic heterocycles. The van der Waals surface area contributed by atoms with E-state index in [1.807, 2.05) is 35.9 Å². The maximum absolute atomic E-state index is 5.61. The van der Waals surface area contributed by atoms with Crippen molar-refractivity contribution in [3.8, 4) is 11.4 Å². The van der Waals surface area contributed by atoms with Gasteiger partial charge in [0.15, 0.2) is 5.82 Å². The second-order valence-electron chi connectivity index (χ2n) is 3.02. The van der Waals surface area contributed by atoms with Gasteiger partial charge in [-0.05, 0) is 31.2 Å². The molecular formula is C10H12N4. The lowest BCUT2D eigenvalue weighted by Gasteiger charge is -2.02. The Bertz CT molecular complexity index is 416. The lowest BCUT2D eigenvalue weighted by Crippen LogP contribution is -1.99. The summed E-state index contributed by atoms with van der Waals surface area (Å²) in [5.74, 6) is 0.882. The zero-order valence-corrected chi connectivity index (χ0v) is 8.01. The molecule has 4 nitrogen and oxygen atoms in total. The zero-order valence-electron chi connectivity index (χ0n) is 8.01. The first-order chi connectivity index (χ1) is 6.81. The third-order valence-corrected chi connectivity index (χ3v) is 2.08. The quantitative estimate of drug-likeness (QED) is 0.727. The molecule has 2 aromatic rings. The molecular weight excluding hydrogens is 176 g/mol. The normalized spacial score (nSPS) is 10.4. The molecule has 2 N–H and O–H groups in total. The Balaban J connectivity index is 2.44. The third kappa shape index (κ3) is 1.46. The first-order valence-corrected chi connectivity index (χ1v) is 4.55. The van der Waals surface area contributed by atoms with E-state index in [4.69, 9.17) is 5.73 Å². The van der Waals surface area contributed by atoms with Gasteiger partial charge in [0.05, 0.1) is 0 Å². The van der Waals surface area contributed by atoms with Crippen LogP contribution in [0.5, 0.6) is 0 Å². The van der Waals surface area contributed by atoms with Gasteiger partial charge in [0, 0.05) is 17.8 Å². The first-order valence-electron chi connectivity index (χ1n) is 4.55. The summed E-state index contributed by atoms with van der Waals surface area (Å²) >= 11 is 0. The van der Waals surface area contributed by atoms with E-state index in [1.54, 1.807) is 6.33 Å². The fourth-order valence-electron chi connectivity index (χ4n) is 1.35. The number of benzene rings is 1. The maximum atomic E-state index is 5.61. The van der Waals surface area contributed by atoms with Crippen molar-refractivity contribution in [1.29, 1.82) is 0 Å². The van der Waals surface area contributed by atoms with Gasteiger partial charge in [0.1, 0.15) is 6.33 Å². The number of aryl methyl sites for hydroxylation is 1. The van der Waals surface area contributed by atoms with Crippen LogP contribution in [0.25, 0.3) is 11.4 Å². The van der Waals surface area contributed by atoms with Gasteiger partial charge in [0.25, 0.3) is 0 Å². The van der Waals surface area contributed by atoms with Crippen LogP contribution in [-0.2, 0) is 6.54 Å². The van der Waals surface area contributed by atoms with Gasteiger partial charge in [-0.1, -0.05) is 0 Å². The molecule has 0 saturated heterocycles. The molecule has 0 fully saturated rings. The lowest BCUT2D eigenvalue weighted by atomic mass is 10.2.